The van der Waals surface area contributed by atoms with E-state index >= 15 is 0 Å². The van der Waals surface area contributed by atoms with E-state index in [4.69, 9.17) is 10.5 Å². The number of ether oxygens (including phenoxy) is 1. The van der Waals surface area contributed by atoms with Gasteiger partial charge in [0.1, 0.15) is 17.8 Å². The molecule has 23 heavy (non-hydrogen) atoms. The SMILES string of the molecule is Nc1ncnc2[nH]c(-c3ccc(CN4CCOCC4)cc3)cc12. The molecule has 0 bridgehead atoms. The second kappa shape index (κ2) is 5.98. The summed E-state index contributed by atoms with van der Waals surface area (Å²) < 4.78 is 5.39. The molecule has 0 radical (unpaired) electrons. The molecule has 0 amide bonds. The summed E-state index contributed by atoms with van der Waals surface area (Å²) in [4.78, 5) is 14.0. The lowest BCUT2D eigenvalue weighted by atomic mass is 10.1. The Morgan fingerprint density at radius 1 is 1.13 bits per heavy atom. The minimum Gasteiger partial charge on any atom is -0.383 e. The van der Waals surface area contributed by atoms with E-state index in [0.29, 0.717) is 5.82 Å². The number of aromatic nitrogens is 3. The molecule has 1 saturated heterocycles. The zero-order valence-corrected chi connectivity index (χ0v) is 12.8. The number of hydrogen-bond donors (Lipinski definition) is 2. The number of nitrogens with zero attached hydrogens (tertiary/aromatic N) is 3. The van der Waals surface area contributed by atoms with Crippen molar-refractivity contribution >= 4 is 16.9 Å². The third kappa shape index (κ3) is 2.91. The highest BCUT2D eigenvalue weighted by atomic mass is 16.5. The van der Waals surface area contributed by atoms with Gasteiger partial charge in [-0.05, 0) is 17.2 Å². The van der Waals surface area contributed by atoms with E-state index in [-0.39, 0.29) is 0 Å². The molecule has 2 aromatic heterocycles. The van der Waals surface area contributed by atoms with Crippen LogP contribution in [0.25, 0.3) is 22.3 Å². The van der Waals surface area contributed by atoms with Crippen LogP contribution in [0.2, 0.25) is 0 Å². The molecule has 0 saturated carbocycles. The number of nitrogens with one attached hydrogen (secondary N) is 1. The van der Waals surface area contributed by atoms with Crippen LogP contribution >= 0.6 is 0 Å². The average molecular weight is 309 g/mol. The lowest BCUT2D eigenvalue weighted by Gasteiger charge is -2.26. The number of morpholine rings is 1. The van der Waals surface area contributed by atoms with Gasteiger partial charge in [0.15, 0.2) is 0 Å². The highest BCUT2D eigenvalue weighted by Gasteiger charge is 2.11. The molecule has 3 aromatic rings. The maximum Gasteiger partial charge on any atom is 0.143 e. The second-order valence-electron chi connectivity index (χ2n) is 5.79. The van der Waals surface area contributed by atoms with E-state index in [1.54, 1.807) is 0 Å². The Kier molecular flexibility index (Phi) is 3.69. The molecular weight excluding hydrogens is 290 g/mol. The number of nitrogens with two attached hydrogens (primary N) is 1. The molecule has 3 N–H and O–H groups in total. The molecule has 0 aliphatic carbocycles. The summed E-state index contributed by atoms with van der Waals surface area (Å²) >= 11 is 0. The van der Waals surface area contributed by atoms with Crippen LogP contribution in [0.15, 0.2) is 36.7 Å². The largest absolute Gasteiger partial charge is 0.383 e. The molecule has 6 nitrogen and oxygen atoms in total. The predicted octanol–water partition coefficient (Wildman–Crippen LogP) is 2.04. The summed E-state index contributed by atoms with van der Waals surface area (Å²) in [5.74, 6) is 0.501. The third-order valence-electron chi connectivity index (χ3n) is 4.23. The van der Waals surface area contributed by atoms with Gasteiger partial charge in [0.25, 0.3) is 0 Å². The topological polar surface area (TPSA) is 80.1 Å². The summed E-state index contributed by atoms with van der Waals surface area (Å²) in [6.07, 6.45) is 1.48. The standard InChI is InChI=1S/C17H19N5O/c18-16-14-9-15(21-17(14)20-11-19-16)13-3-1-12(2-4-13)10-22-5-7-23-8-6-22/h1-4,9,11H,5-8,10H2,(H3,18,19,20,21). The number of fused-ring (bicyclic) bond motifs is 1. The van der Waals surface area contributed by atoms with Crippen LogP contribution in [0.5, 0.6) is 0 Å². The van der Waals surface area contributed by atoms with Gasteiger partial charge in [-0.2, -0.15) is 0 Å². The Bertz CT molecular complexity index is 805. The minimum absolute atomic E-state index is 0.501. The van der Waals surface area contributed by atoms with Crippen LogP contribution in [0.4, 0.5) is 5.82 Å². The molecular formula is C17H19N5O. The fourth-order valence-corrected chi connectivity index (χ4v) is 2.92. The molecule has 118 valence electrons. The quantitative estimate of drug-likeness (QED) is 0.774. The van der Waals surface area contributed by atoms with Gasteiger partial charge in [-0.3, -0.25) is 4.90 Å². The zero-order chi connectivity index (χ0) is 15.6. The number of hydrogen-bond acceptors (Lipinski definition) is 5. The first-order valence-electron chi connectivity index (χ1n) is 7.78. The minimum atomic E-state index is 0.501. The number of benzene rings is 1. The highest BCUT2D eigenvalue weighted by molar-refractivity contribution is 5.90. The molecule has 0 spiro atoms. The molecule has 3 heterocycles. The fraction of sp³-hybridized carbons (Fsp3) is 0.294. The van der Waals surface area contributed by atoms with Gasteiger partial charge < -0.3 is 15.5 Å². The van der Waals surface area contributed by atoms with Crippen molar-refractivity contribution in [3.63, 3.8) is 0 Å². The number of anilines is 1. The molecule has 4 rings (SSSR count). The highest BCUT2D eigenvalue weighted by Crippen LogP contribution is 2.25. The summed E-state index contributed by atoms with van der Waals surface area (Å²) in [6.45, 7) is 4.63. The number of nitrogen functional groups attached to an aromatic ring is 1. The Hall–Kier alpha value is -2.44. The Morgan fingerprint density at radius 2 is 1.91 bits per heavy atom. The van der Waals surface area contributed by atoms with Crippen molar-refractivity contribution in [1.82, 2.24) is 19.9 Å². The van der Waals surface area contributed by atoms with Crippen molar-refractivity contribution in [3.05, 3.63) is 42.2 Å². The monoisotopic (exact) mass is 309 g/mol. The van der Waals surface area contributed by atoms with Crippen LogP contribution in [0, 0.1) is 0 Å². The third-order valence-corrected chi connectivity index (χ3v) is 4.23. The van der Waals surface area contributed by atoms with Gasteiger partial charge in [-0.15, -0.1) is 0 Å². The van der Waals surface area contributed by atoms with Crippen LogP contribution in [-0.2, 0) is 11.3 Å². The predicted molar refractivity (Wildman–Crippen MR) is 89.8 cm³/mol. The van der Waals surface area contributed by atoms with Crippen molar-refractivity contribution in [3.8, 4) is 11.3 Å². The number of aromatic amines is 1. The maximum absolute atomic E-state index is 5.89. The summed E-state index contributed by atoms with van der Waals surface area (Å²) in [6, 6.07) is 10.6. The summed E-state index contributed by atoms with van der Waals surface area (Å²) in [7, 11) is 0. The second-order valence-corrected chi connectivity index (χ2v) is 5.79. The van der Waals surface area contributed by atoms with Crippen molar-refractivity contribution < 1.29 is 4.74 Å². The van der Waals surface area contributed by atoms with Crippen LogP contribution in [-0.4, -0.2) is 46.2 Å². The number of rotatable bonds is 3. The molecule has 1 fully saturated rings. The Morgan fingerprint density at radius 3 is 2.65 bits per heavy atom. The van der Waals surface area contributed by atoms with Gasteiger partial charge in [-0.1, -0.05) is 24.3 Å². The Balaban J connectivity index is 1.55. The smallest absolute Gasteiger partial charge is 0.143 e. The van der Waals surface area contributed by atoms with E-state index in [0.717, 1.165) is 55.1 Å². The van der Waals surface area contributed by atoms with Gasteiger partial charge in [0.2, 0.25) is 0 Å². The first-order valence-corrected chi connectivity index (χ1v) is 7.78. The van der Waals surface area contributed by atoms with E-state index in [2.05, 4.69) is 44.1 Å². The van der Waals surface area contributed by atoms with Gasteiger partial charge in [0.05, 0.1) is 18.6 Å². The van der Waals surface area contributed by atoms with Crippen LogP contribution in [0.1, 0.15) is 5.56 Å². The molecule has 0 unspecified atom stereocenters. The van der Waals surface area contributed by atoms with E-state index < -0.39 is 0 Å². The van der Waals surface area contributed by atoms with E-state index in [1.165, 1.54) is 11.9 Å². The van der Waals surface area contributed by atoms with Crippen molar-refractivity contribution in [1.29, 1.82) is 0 Å². The van der Waals surface area contributed by atoms with Gasteiger partial charge in [-0.25, -0.2) is 9.97 Å². The first kappa shape index (κ1) is 14.2. The first-order chi connectivity index (χ1) is 11.3. The average Bonchev–Trinajstić information content (AvgIpc) is 3.02. The molecule has 0 atom stereocenters. The zero-order valence-electron chi connectivity index (χ0n) is 12.8. The van der Waals surface area contributed by atoms with Crippen LogP contribution < -0.4 is 5.73 Å². The number of H-pyrrole nitrogens is 1. The molecule has 6 heteroatoms. The van der Waals surface area contributed by atoms with Crippen LogP contribution in [0.3, 0.4) is 0 Å². The summed E-state index contributed by atoms with van der Waals surface area (Å²) in [5, 5.41) is 0.861. The van der Waals surface area contributed by atoms with Crippen molar-refractivity contribution in [2.24, 2.45) is 0 Å². The lowest BCUT2D eigenvalue weighted by Crippen LogP contribution is -2.35. The normalized spacial score (nSPS) is 16.0. The van der Waals surface area contributed by atoms with Crippen molar-refractivity contribution in [2.45, 2.75) is 6.54 Å². The molecule has 1 aromatic carbocycles. The fourth-order valence-electron chi connectivity index (χ4n) is 2.92. The van der Waals surface area contributed by atoms with Gasteiger partial charge >= 0.3 is 0 Å². The van der Waals surface area contributed by atoms with Crippen molar-refractivity contribution in [2.75, 3.05) is 32.0 Å². The molecule has 1 aliphatic heterocycles. The van der Waals surface area contributed by atoms with E-state index in [9.17, 15) is 0 Å². The van der Waals surface area contributed by atoms with Gasteiger partial charge in [0, 0.05) is 25.3 Å². The van der Waals surface area contributed by atoms with E-state index in [1.807, 2.05) is 6.07 Å². The maximum atomic E-state index is 5.89. The molecule has 1 aliphatic rings. The lowest BCUT2D eigenvalue weighted by molar-refractivity contribution is 0.0342. The Labute approximate surface area is 134 Å². The summed E-state index contributed by atoms with van der Waals surface area (Å²) in [5.41, 5.74) is 10.1.